The number of amides is 2. The molecule has 1 N–H and O–H groups in total. The minimum Gasteiger partial charge on any atom is -0.455 e. The van der Waals surface area contributed by atoms with Gasteiger partial charge >= 0.3 is 48.4 Å². The van der Waals surface area contributed by atoms with Crippen molar-refractivity contribution in [2.75, 3.05) is 19.8 Å². The molecule has 0 aromatic heterocycles. The van der Waals surface area contributed by atoms with Crippen LogP contribution >= 0.6 is 69.6 Å². The number of Topliss-reactive ketones (excluding diaryl/α,β-unsaturated/α-hetero) is 1. The summed E-state index contributed by atoms with van der Waals surface area (Å²) in [6.07, 6.45) is -19.2. The highest BCUT2D eigenvalue weighted by molar-refractivity contribution is 6.68. The molecule has 28 heteroatoms. The van der Waals surface area contributed by atoms with E-state index >= 15 is 9.59 Å². The van der Waals surface area contributed by atoms with Crippen LogP contribution in [0.15, 0.2) is 71.8 Å². The van der Waals surface area contributed by atoms with Gasteiger partial charge in [-0.2, -0.15) is 0 Å². The van der Waals surface area contributed by atoms with Crippen molar-refractivity contribution in [3.63, 3.8) is 0 Å². The Hall–Kier alpha value is -5.33. The molecule has 2 saturated carbocycles. The smallest absolute Gasteiger partial charge is 0.455 e. The van der Waals surface area contributed by atoms with Gasteiger partial charge in [0.25, 0.3) is 0 Å². The van der Waals surface area contributed by atoms with E-state index in [2.05, 4.69) is 0 Å². The first kappa shape index (κ1) is 67.8. The van der Waals surface area contributed by atoms with Crippen LogP contribution in [0.1, 0.15) is 118 Å². The minimum atomic E-state index is -2.78. The molecule has 11 atom stereocenters. The predicted molar refractivity (Wildman–Crippen MR) is 299 cm³/mol. The molecule has 1 aliphatic heterocycles. The number of carbonyl (C=O) groups excluding carboxylic acids is 9. The molecule has 2 aromatic rings. The molecule has 0 radical (unpaired) electrons. The number of ether oxygens (including phenoxy) is 11. The third-order valence-electron chi connectivity index (χ3n) is 14.7. The third kappa shape index (κ3) is 14.9. The molecular formula is C56H65Cl6NO21. The van der Waals surface area contributed by atoms with Gasteiger partial charge in [-0.1, -0.05) is 132 Å². The lowest BCUT2D eigenvalue weighted by molar-refractivity contribution is -0.346. The average Bonchev–Trinajstić information content (AvgIpc) is 0.675. The molecular weight excluding hydrogens is 1240 g/mol. The van der Waals surface area contributed by atoms with Crippen LogP contribution in [0.2, 0.25) is 0 Å². The summed E-state index contributed by atoms with van der Waals surface area (Å²) >= 11 is 35.6. The number of benzene rings is 2. The quantitative estimate of drug-likeness (QED) is 0.0844. The van der Waals surface area contributed by atoms with Crippen LogP contribution in [0.25, 0.3) is 0 Å². The molecule has 22 nitrogen and oxygen atoms in total. The normalized spacial score (nSPS) is 27.2. The lowest BCUT2D eigenvalue weighted by Crippen LogP contribution is -2.82. The van der Waals surface area contributed by atoms with Gasteiger partial charge in [-0.05, 0) is 84.2 Å². The zero-order valence-electron chi connectivity index (χ0n) is 47.8. The summed E-state index contributed by atoms with van der Waals surface area (Å²) in [6, 6.07) is 12.8. The number of hydrogen-bond acceptors (Lipinski definition) is 21. The number of carbonyl (C=O) groups is 9. The molecule has 4 aliphatic rings. The first-order valence-electron chi connectivity index (χ1n) is 26.1. The Morgan fingerprint density at radius 3 is 1.70 bits per heavy atom. The highest BCUT2D eigenvalue weighted by atomic mass is 35.6. The average molecular weight is 1300 g/mol. The van der Waals surface area contributed by atoms with Crippen molar-refractivity contribution in [1.29, 1.82) is 0 Å². The van der Waals surface area contributed by atoms with E-state index in [0.29, 0.717) is 4.90 Å². The number of ketones is 1. The molecule has 2 amide bonds. The highest BCUT2D eigenvalue weighted by Gasteiger charge is 2.79. The molecule has 462 valence electrons. The van der Waals surface area contributed by atoms with Crippen LogP contribution in [-0.2, 0) is 71.3 Å². The molecule has 3 fully saturated rings. The van der Waals surface area contributed by atoms with Gasteiger partial charge in [-0.25, -0.2) is 33.7 Å². The van der Waals surface area contributed by atoms with Crippen LogP contribution < -0.4 is 0 Å². The zero-order valence-corrected chi connectivity index (χ0v) is 52.3. The SMILES string of the molecule is CC(=O)O[C@@H](C(=O)O[C@H]1C[C@@]2(O)[C@@H](OC(=O)c3ccccc3)[C@@H]3[C@]4(OC(C)=O)CO[C@@H]4C[C@H](OC(=O)OCC(Cl)(Cl)Cl)[C@@]3(C)C(=O)[C@H](OC(=O)OCC(Cl)(Cl)Cl)C(=C1C)C2(C)C)[C@H](c1ccccc1)N(C(=O)OC(C)(C)C)C(=O)OC(C)(C)C. The van der Waals surface area contributed by atoms with Crippen molar-refractivity contribution in [1.82, 2.24) is 4.90 Å². The fraction of sp³-hybridized carbons (Fsp3) is 0.589. The summed E-state index contributed by atoms with van der Waals surface area (Å²) < 4.78 is 60.1. The van der Waals surface area contributed by atoms with E-state index < -0.39 is 176 Å². The van der Waals surface area contributed by atoms with Gasteiger partial charge in [-0.15, -0.1) is 0 Å². The summed E-state index contributed by atoms with van der Waals surface area (Å²) in [6.45, 7) is 13.9. The molecule has 1 saturated heterocycles. The van der Waals surface area contributed by atoms with Gasteiger partial charge in [0.15, 0.2) is 17.5 Å². The number of hydrogen-bond donors (Lipinski definition) is 1. The van der Waals surface area contributed by atoms with Gasteiger partial charge in [0, 0.05) is 32.1 Å². The van der Waals surface area contributed by atoms with Gasteiger partial charge in [-0.3, -0.25) is 14.4 Å². The van der Waals surface area contributed by atoms with Crippen molar-refractivity contribution in [3.8, 4) is 0 Å². The van der Waals surface area contributed by atoms with Crippen molar-refractivity contribution >= 4 is 124 Å². The fourth-order valence-corrected chi connectivity index (χ4v) is 11.6. The van der Waals surface area contributed by atoms with E-state index in [9.17, 15) is 38.7 Å². The van der Waals surface area contributed by atoms with Crippen molar-refractivity contribution in [2.45, 2.75) is 169 Å². The summed E-state index contributed by atoms with van der Waals surface area (Å²) in [4.78, 5) is 131. The van der Waals surface area contributed by atoms with Crippen molar-refractivity contribution < 1.29 is 100 Å². The number of nitrogens with zero attached hydrogens (tertiary/aromatic N) is 1. The van der Waals surface area contributed by atoms with E-state index in [1.165, 1.54) is 118 Å². The number of rotatable bonds is 13. The van der Waals surface area contributed by atoms with Gasteiger partial charge in [0.05, 0.1) is 23.5 Å². The summed E-state index contributed by atoms with van der Waals surface area (Å²) in [5, 5.41) is 14.3. The number of fused-ring (bicyclic) bond motifs is 5. The topological polar surface area (TPSA) is 279 Å². The fourth-order valence-electron chi connectivity index (χ4n) is 11.2. The molecule has 0 spiro atoms. The number of esters is 4. The Bertz CT molecular complexity index is 2870. The second-order valence-electron chi connectivity index (χ2n) is 23.3. The number of aliphatic hydroxyl groups is 1. The van der Waals surface area contributed by atoms with Crippen LogP contribution in [0.5, 0.6) is 0 Å². The Balaban J connectivity index is 1.68. The standard InChI is InChI=1S/C56H65Cl6NO21/c1-28-33(78-44(68)39(77-29(2)64)37(31-19-15-13-16-20-31)63(45(69)83-49(4,5)6)46(70)84-50(7,8)9)24-54(73)42(81-43(67)32-21-17-14-18-22-32)40-52(12,41(66)38(36(28)51(54,10)11)80-48(72)76-27-56(60,61)62)34(79-47(71)75-26-55(57,58)59)23-35-53(40,25-74-35)82-30(3)65/h13-22,33-35,37-40,42,73H,23-27H2,1-12H3/t33-,34-,35+,37-,38+,39+,40-,42-,52+,53-,54+/m0/s1. The van der Waals surface area contributed by atoms with Crippen LogP contribution in [-0.4, -0.2) is 151 Å². The van der Waals surface area contributed by atoms with Gasteiger partial charge in [0.2, 0.25) is 13.7 Å². The van der Waals surface area contributed by atoms with E-state index in [-0.39, 0.29) is 22.3 Å². The lowest BCUT2D eigenvalue weighted by Gasteiger charge is -2.67. The van der Waals surface area contributed by atoms with Gasteiger partial charge in [0.1, 0.15) is 60.5 Å². The highest BCUT2D eigenvalue weighted by Crippen LogP contribution is 2.65. The summed E-state index contributed by atoms with van der Waals surface area (Å²) in [7, 11) is 0. The van der Waals surface area contributed by atoms with Gasteiger partial charge < -0.3 is 57.2 Å². The van der Waals surface area contributed by atoms with E-state index in [1.807, 2.05) is 0 Å². The maximum atomic E-state index is 16.5. The Morgan fingerprint density at radius 1 is 0.726 bits per heavy atom. The van der Waals surface area contributed by atoms with Crippen molar-refractivity contribution in [2.24, 2.45) is 16.7 Å². The zero-order chi connectivity index (χ0) is 63.1. The molecule has 0 unspecified atom stereocenters. The number of alkyl halides is 6. The van der Waals surface area contributed by atoms with Crippen LogP contribution in [0.4, 0.5) is 19.2 Å². The molecule has 2 aromatic carbocycles. The van der Waals surface area contributed by atoms with Crippen molar-refractivity contribution in [3.05, 3.63) is 82.9 Å². The lowest BCUT2D eigenvalue weighted by atomic mass is 9.44. The molecule has 6 rings (SSSR count). The van der Waals surface area contributed by atoms with E-state index in [1.54, 1.807) is 12.1 Å². The first-order valence-corrected chi connectivity index (χ1v) is 28.4. The minimum absolute atomic E-state index is 0.000971. The Labute approximate surface area is 514 Å². The monoisotopic (exact) mass is 1300 g/mol. The Morgan fingerprint density at radius 2 is 1.24 bits per heavy atom. The second kappa shape index (κ2) is 25.2. The van der Waals surface area contributed by atoms with Crippen LogP contribution in [0, 0.1) is 16.7 Å². The van der Waals surface area contributed by atoms with E-state index in [0.717, 1.165) is 13.8 Å². The van der Waals surface area contributed by atoms with E-state index in [4.69, 9.17) is 122 Å². The largest absolute Gasteiger partial charge is 0.509 e. The second-order valence-corrected chi connectivity index (χ2v) is 28.3. The maximum Gasteiger partial charge on any atom is 0.509 e. The molecule has 2 bridgehead atoms. The number of imide groups is 1. The molecule has 84 heavy (non-hydrogen) atoms. The summed E-state index contributed by atoms with van der Waals surface area (Å²) in [5.74, 6) is -7.88. The first-order chi connectivity index (χ1) is 38.6. The number of halogens is 6. The van der Waals surface area contributed by atoms with Crippen LogP contribution in [0.3, 0.4) is 0 Å². The molecule has 1 heterocycles. The molecule has 3 aliphatic carbocycles. The maximum absolute atomic E-state index is 16.5. The Kier molecular flexibility index (Phi) is 20.3. The predicted octanol–water partition coefficient (Wildman–Crippen LogP) is 10.5. The summed E-state index contributed by atoms with van der Waals surface area (Å²) in [5.41, 5.74) is -12.6. The third-order valence-corrected chi connectivity index (χ3v) is 15.4.